The molecule has 1 amide bonds. The van der Waals surface area contributed by atoms with E-state index in [0.717, 1.165) is 22.4 Å². The van der Waals surface area contributed by atoms with Gasteiger partial charge in [0.15, 0.2) is 22.3 Å². The number of rotatable bonds is 4. The zero-order valence-corrected chi connectivity index (χ0v) is 21.5. The molecule has 2 aliphatic rings. The largest absolute Gasteiger partial charge is 0.493 e. The Kier molecular flexibility index (Phi) is 5.85. The molecule has 8 heteroatoms. The Morgan fingerprint density at radius 2 is 1.86 bits per heavy atom. The molecule has 3 aromatic carbocycles. The summed E-state index contributed by atoms with van der Waals surface area (Å²) in [6.07, 6.45) is 0. The topological polar surface area (TPSA) is 62.8 Å². The summed E-state index contributed by atoms with van der Waals surface area (Å²) >= 11 is 11.9. The van der Waals surface area contributed by atoms with Crippen LogP contribution in [0.4, 0.5) is 11.4 Å². The molecule has 2 aliphatic heterocycles. The van der Waals surface area contributed by atoms with Gasteiger partial charge in [0.1, 0.15) is 5.92 Å². The number of ether oxygens (including phenoxy) is 2. The molecule has 0 radical (unpaired) electrons. The number of anilines is 2. The number of fused-ring (bicyclic) bond motifs is 4. The average Bonchev–Trinajstić information content (AvgIpc) is 2.82. The molecule has 0 unspecified atom stereocenters. The Balaban J connectivity index is 1.67. The van der Waals surface area contributed by atoms with Crippen molar-refractivity contribution in [3.05, 3.63) is 82.4 Å². The number of aryl methyl sites for hydroxylation is 1. The van der Waals surface area contributed by atoms with E-state index in [1.54, 1.807) is 31.4 Å². The summed E-state index contributed by atoms with van der Waals surface area (Å²) in [4.78, 5) is 15.8. The van der Waals surface area contributed by atoms with Gasteiger partial charge < -0.3 is 20.1 Å². The lowest BCUT2D eigenvalue weighted by Crippen LogP contribution is -2.72. The first-order valence-corrected chi connectivity index (χ1v) is 12.1. The van der Waals surface area contributed by atoms with Crippen LogP contribution in [0, 0.1) is 19.8 Å². The smallest absolute Gasteiger partial charge is 0.236 e. The lowest BCUT2D eigenvalue weighted by atomic mass is 9.78. The van der Waals surface area contributed by atoms with Gasteiger partial charge in [-0.15, -0.1) is 0 Å². The van der Waals surface area contributed by atoms with E-state index >= 15 is 0 Å². The zero-order valence-electron chi connectivity index (χ0n) is 19.9. The fourth-order valence-corrected chi connectivity index (χ4v) is 5.56. The molecule has 180 valence electrons. The maximum absolute atomic E-state index is 13.9. The molecule has 0 aromatic heterocycles. The van der Waals surface area contributed by atoms with Gasteiger partial charge >= 0.3 is 0 Å². The van der Waals surface area contributed by atoms with Crippen LogP contribution in [0.15, 0.2) is 60.7 Å². The summed E-state index contributed by atoms with van der Waals surface area (Å²) in [6.45, 7) is 6.01. The Hall–Kier alpha value is -3.29. The zero-order chi connectivity index (χ0) is 24.9. The van der Waals surface area contributed by atoms with Gasteiger partial charge in [-0.05, 0) is 80.5 Å². The fourth-order valence-electron chi connectivity index (χ4n) is 5.03. The normalized spacial score (nSPS) is 22.5. The van der Waals surface area contributed by atoms with Gasteiger partial charge in [0, 0.05) is 16.3 Å². The number of halogens is 1. The number of amides is 1. The molecule has 0 spiro atoms. The molecular formula is C27H26ClN3O3S. The van der Waals surface area contributed by atoms with Crippen LogP contribution in [0.25, 0.3) is 0 Å². The number of nitrogens with one attached hydrogen (secondary N) is 2. The number of hydrogen-bond donors (Lipinski definition) is 2. The first-order valence-electron chi connectivity index (χ1n) is 11.3. The van der Waals surface area contributed by atoms with Gasteiger partial charge in [-0.1, -0.05) is 35.9 Å². The second kappa shape index (κ2) is 8.73. The maximum Gasteiger partial charge on any atom is 0.236 e. The van der Waals surface area contributed by atoms with Crippen molar-refractivity contribution in [2.24, 2.45) is 5.92 Å². The van der Waals surface area contributed by atoms with Crippen LogP contribution in [0.2, 0.25) is 5.02 Å². The van der Waals surface area contributed by atoms with Crippen LogP contribution < -0.4 is 25.0 Å². The Morgan fingerprint density at radius 1 is 1.14 bits per heavy atom. The number of thiocarbonyl (C=S) groups is 1. The van der Waals surface area contributed by atoms with Crippen molar-refractivity contribution < 1.29 is 14.3 Å². The molecule has 35 heavy (non-hydrogen) atoms. The van der Waals surface area contributed by atoms with Crippen LogP contribution in [-0.4, -0.2) is 23.9 Å². The number of methoxy groups -OCH3 is 1. The molecule has 2 bridgehead atoms. The van der Waals surface area contributed by atoms with Crippen molar-refractivity contribution in [2.75, 3.05) is 17.3 Å². The minimum absolute atomic E-state index is 0.196. The molecule has 1 saturated heterocycles. The standard InChI is InChI=1S/C27H26ClN3O3S/c1-15-7-5-9-20(16(15)2)31-26(35)30-23-19-8-6-10-21(33-4)24(19)34-27(31,3)22(23)25(32)29-18-13-11-17(28)12-14-18/h5-14,22-23H,1-4H3,(H,29,32)(H,30,35)/t22-,23-,27-/m0/s1. The highest BCUT2D eigenvalue weighted by Gasteiger charge is 2.59. The molecule has 1 fully saturated rings. The monoisotopic (exact) mass is 507 g/mol. The maximum atomic E-state index is 13.9. The first kappa shape index (κ1) is 23.5. The van der Waals surface area contributed by atoms with E-state index in [4.69, 9.17) is 33.3 Å². The number of benzene rings is 3. The van der Waals surface area contributed by atoms with E-state index in [2.05, 4.69) is 23.6 Å². The molecular weight excluding hydrogens is 482 g/mol. The molecule has 5 rings (SSSR count). The van der Waals surface area contributed by atoms with Gasteiger partial charge in [-0.2, -0.15) is 0 Å². The van der Waals surface area contributed by atoms with E-state index < -0.39 is 17.7 Å². The Labute approximate surface area is 215 Å². The van der Waals surface area contributed by atoms with Crippen LogP contribution in [0.3, 0.4) is 0 Å². The number of para-hydroxylation sites is 1. The van der Waals surface area contributed by atoms with Gasteiger partial charge in [-0.3, -0.25) is 9.69 Å². The summed E-state index contributed by atoms with van der Waals surface area (Å²) in [5.41, 5.74) is 3.39. The molecule has 0 aliphatic carbocycles. The van der Waals surface area contributed by atoms with Crippen LogP contribution in [0.5, 0.6) is 11.5 Å². The minimum atomic E-state index is -1.14. The van der Waals surface area contributed by atoms with Crippen LogP contribution >= 0.6 is 23.8 Å². The summed E-state index contributed by atoms with van der Waals surface area (Å²) in [6, 6.07) is 18.3. The van der Waals surface area contributed by atoms with Gasteiger partial charge in [0.25, 0.3) is 0 Å². The fraction of sp³-hybridized carbons (Fsp3) is 0.259. The van der Waals surface area contributed by atoms with Crippen LogP contribution in [-0.2, 0) is 4.79 Å². The highest BCUT2D eigenvalue weighted by Crippen LogP contribution is 2.53. The molecule has 2 N–H and O–H groups in total. The van der Waals surface area contributed by atoms with Gasteiger partial charge in [0.2, 0.25) is 5.91 Å². The van der Waals surface area contributed by atoms with Crippen molar-refractivity contribution >= 4 is 46.2 Å². The Bertz CT molecular complexity index is 1330. The molecule has 3 atom stereocenters. The number of carbonyl (C=O) groups is 1. The number of nitrogens with zero attached hydrogens (tertiary/aromatic N) is 1. The number of hydrogen-bond acceptors (Lipinski definition) is 4. The Morgan fingerprint density at radius 3 is 2.57 bits per heavy atom. The van der Waals surface area contributed by atoms with Gasteiger partial charge in [-0.25, -0.2) is 0 Å². The van der Waals surface area contributed by atoms with Crippen molar-refractivity contribution in [3.63, 3.8) is 0 Å². The van der Waals surface area contributed by atoms with Crippen molar-refractivity contribution in [1.29, 1.82) is 0 Å². The summed E-state index contributed by atoms with van der Waals surface area (Å²) in [5, 5.41) is 7.58. The van der Waals surface area contributed by atoms with Crippen molar-refractivity contribution in [2.45, 2.75) is 32.5 Å². The average molecular weight is 508 g/mol. The molecule has 6 nitrogen and oxygen atoms in total. The third kappa shape index (κ3) is 3.79. The predicted molar refractivity (Wildman–Crippen MR) is 142 cm³/mol. The van der Waals surface area contributed by atoms with E-state index in [0.29, 0.717) is 27.3 Å². The first-order chi connectivity index (χ1) is 16.7. The summed E-state index contributed by atoms with van der Waals surface area (Å²) in [5.74, 6) is 0.358. The van der Waals surface area contributed by atoms with Crippen molar-refractivity contribution in [1.82, 2.24) is 5.32 Å². The van der Waals surface area contributed by atoms with E-state index in [1.807, 2.05) is 49.1 Å². The van der Waals surface area contributed by atoms with E-state index in [1.165, 1.54) is 0 Å². The number of carbonyl (C=O) groups excluding carboxylic acids is 1. The van der Waals surface area contributed by atoms with Crippen molar-refractivity contribution in [3.8, 4) is 11.5 Å². The van der Waals surface area contributed by atoms with E-state index in [-0.39, 0.29) is 5.91 Å². The predicted octanol–water partition coefficient (Wildman–Crippen LogP) is 5.76. The van der Waals surface area contributed by atoms with Crippen LogP contribution in [0.1, 0.15) is 29.7 Å². The summed E-state index contributed by atoms with van der Waals surface area (Å²) < 4.78 is 12.3. The molecule has 3 aromatic rings. The third-order valence-electron chi connectivity index (χ3n) is 6.92. The highest BCUT2D eigenvalue weighted by atomic mass is 35.5. The molecule has 2 heterocycles. The SMILES string of the molecule is COc1cccc2c1O[C@@]1(C)[C@H](C(=O)Nc3ccc(Cl)cc3)[C@H]2NC(=S)N1c1cccc(C)c1C. The third-order valence-corrected chi connectivity index (χ3v) is 7.47. The highest BCUT2D eigenvalue weighted by molar-refractivity contribution is 7.80. The second-order valence-electron chi connectivity index (χ2n) is 8.99. The minimum Gasteiger partial charge on any atom is -0.493 e. The lowest BCUT2D eigenvalue weighted by Gasteiger charge is -2.56. The molecule has 0 saturated carbocycles. The second-order valence-corrected chi connectivity index (χ2v) is 9.81. The lowest BCUT2D eigenvalue weighted by molar-refractivity contribution is -0.130. The quantitative estimate of drug-likeness (QED) is 0.437. The van der Waals surface area contributed by atoms with Gasteiger partial charge in [0.05, 0.1) is 18.8 Å². The van der Waals surface area contributed by atoms with E-state index in [9.17, 15) is 4.79 Å². The summed E-state index contributed by atoms with van der Waals surface area (Å²) in [7, 11) is 1.61.